The van der Waals surface area contributed by atoms with Crippen LogP contribution in [0.4, 0.5) is 11.4 Å². The van der Waals surface area contributed by atoms with Gasteiger partial charge in [-0.15, -0.1) is 0 Å². The summed E-state index contributed by atoms with van der Waals surface area (Å²) in [4.78, 5) is 1.85. The molecule has 5 N–H and O–H groups in total. The molecular weight excluding hydrogens is 254 g/mol. The number of anilines is 2. The van der Waals surface area contributed by atoms with E-state index < -0.39 is 10.0 Å². The largest absolute Gasteiger partial charge is 0.399 e. The van der Waals surface area contributed by atoms with Crippen molar-refractivity contribution >= 4 is 21.4 Å². The van der Waals surface area contributed by atoms with Crippen molar-refractivity contribution in [2.24, 2.45) is 5.14 Å². The highest BCUT2D eigenvalue weighted by Crippen LogP contribution is 2.23. The van der Waals surface area contributed by atoms with E-state index >= 15 is 0 Å². The van der Waals surface area contributed by atoms with Crippen molar-refractivity contribution in [1.29, 1.82) is 0 Å². The Hall–Kier alpha value is -1.31. The van der Waals surface area contributed by atoms with Crippen LogP contribution in [-0.4, -0.2) is 33.2 Å². The monoisotopic (exact) mass is 273 g/mol. The average molecular weight is 273 g/mol. The van der Waals surface area contributed by atoms with Crippen LogP contribution in [-0.2, 0) is 10.0 Å². The van der Waals surface area contributed by atoms with E-state index in [1.54, 1.807) is 6.07 Å². The maximum atomic E-state index is 11.3. The molecule has 0 aliphatic carbocycles. The van der Waals surface area contributed by atoms with Crippen LogP contribution < -0.4 is 15.8 Å². The minimum Gasteiger partial charge on any atom is -0.399 e. The highest BCUT2D eigenvalue weighted by atomic mass is 32.2. The number of nitrogen functional groups attached to an aromatic ring is 1. The molecule has 1 aromatic carbocycles. The zero-order chi connectivity index (χ0) is 13.8. The smallest absolute Gasteiger partial charge is 0.238 e. The molecule has 0 unspecified atom stereocenters. The van der Waals surface area contributed by atoms with E-state index in [9.17, 15) is 8.42 Å². The summed E-state index contributed by atoms with van der Waals surface area (Å²) in [5.41, 5.74) is 6.65. The number of aliphatic hydroxyl groups is 1. The van der Waals surface area contributed by atoms with E-state index in [1.165, 1.54) is 12.1 Å². The zero-order valence-electron chi connectivity index (χ0n) is 10.3. The Labute approximate surface area is 107 Å². The standard InChI is InChI=1S/C11H19N3O3S/c1-2-3-14(4-5-15)10-6-9(12)7-11(8-10)18(13,16)17/h6-8,15H,2-5,12H2,1H3,(H2,13,16,17). The van der Waals surface area contributed by atoms with Gasteiger partial charge in [-0.3, -0.25) is 0 Å². The lowest BCUT2D eigenvalue weighted by molar-refractivity contribution is 0.302. The van der Waals surface area contributed by atoms with Gasteiger partial charge in [-0.1, -0.05) is 6.92 Å². The van der Waals surface area contributed by atoms with Gasteiger partial charge in [0, 0.05) is 24.5 Å². The van der Waals surface area contributed by atoms with Gasteiger partial charge in [-0.2, -0.15) is 0 Å². The molecule has 6 nitrogen and oxygen atoms in total. The molecule has 0 aromatic heterocycles. The fourth-order valence-corrected chi connectivity index (χ4v) is 2.30. The molecule has 0 bridgehead atoms. The van der Waals surface area contributed by atoms with Gasteiger partial charge in [-0.05, 0) is 24.6 Å². The maximum Gasteiger partial charge on any atom is 0.238 e. The first-order chi connectivity index (χ1) is 8.38. The number of sulfonamides is 1. The first-order valence-corrected chi connectivity index (χ1v) is 7.22. The maximum absolute atomic E-state index is 11.3. The highest BCUT2D eigenvalue weighted by molar-refractivity contribution is 7.89. The predicted octanol–water partition coefficient (Wildman–Crippen LogP) is 0.125. The van der Waals surface area contributed by atoms with E-state index in [2.05, 4.69) is 0 Å². The first kappa shape index (κ1) is 14.7. The number of nitrogens with zero attached hydrogens (tertiary/aromatic N) is 1. The van der Waals surface area contributed by atoms with Crippen LogP contribution in [0.3, 0.4) is 0 Å². The molecule has 0 amide bonds. The van der Waals surface area contributed by atoms with Crippen molar-refractivity contribution in [2.45, 2.75) is 18.2 Å². The summed E-state index contributed by atoms with van der Waals surface area (Å²) in [7, 11) is -3.78. The Bertz CT molecular complexity index is 496. The predicted molar refractivity (Wildman–Crippen MR) is 71.8 cm³/mol. The SMILES string of the molecule is CCCN(CCO)c1cc(N)cc(S(N)(=O)=O)c1. The van der Waals surface area contributed by atoms with Crippen molar-refractivity contribution in [1.82, 2.24) is 0 Å². The van der Waals surface area contributed by atoms with Crippen LogP contribution >= 0.6 is 0 Å². The summed E-state index contributed by atoms with van der Waals surface area (Å²) >= 11 is 0. The third-order valence-corrected chi connectivity index (χ3v) is 3.36. The number of rotatable bonds is 6. The summed E-state index contributed by atoms with van der Waals surface area (Å²) in [6.07, 6.45) is 0.875. The minimum absolute atomic E-state index is 0.0144. The van der Waals surface area contributed by atoms with Crippen LogP contribution in [0.1, 0.15) is 13.3 Å². The Morgan fingerprint density at radius 1 is 1.28 bits per heavy atom. The van der Waals surface area contributed by atoms with Gasteiger partial charge >= 0.3 is 0 Å². The zero-order valence-corrected chi connectivity index (χ0v) is 11.2. The number of nitrogens with two attached hydrogens (primary N) is 2. The van der Waals surface area contributed by atoms with Gasteiger partial charge in [0.2, 0.25) is 10.0 Å². The molecule has 0 radical (unpaired) electrons. The first-order valence-electron chi connectivity index (χ1n) is 5.67. The average Bonchev–Trinajstić information content (AvgIpc) is 2.27. The molecule has 1 rings (SSSR count). The van der Waals surface area contributed by atoms with Crippen molar-refractivity contribution < 1.29 is 13.5 Å². The quantitative estimate of drug-likeness (QED) is 0.638. The number of hydrogen-bond acceptors (Lipinski definition) is 5. The second-order valence-electron chi connectivity index (χ2n) is 4.02. The second kappa shape index (κ2) is 6.03. The van der Waals surface area contributed by atoms with Crippen molar-refractivity contribution in [3.05, 3.63) is 18.2 Å². The topological polar surface area (TPSA) is 110 Å². The van der Waals surface area contributed by atoms with Crippen LogP contribution in [0.25, 0.3) is 0 Å². The molecule has 0 spiro atoms. The van der Waals surface area contributed by atoms with Gasteiger partial charge in [-0.25, -0.2) is 13.6 Å². The highest BCUT2D eigenvalue weighted by Gasteiger charge is 2.13. The molecule has 0 saturated heterocycles. The Kier molecular flexibility index (Phi) is 4.94. The Balaban J connectivity index is 3.18. The van der Waals surface area contributed by atoms with E-state index in [0.717, 1.165) is 6.42 Å². The second-order valence-corrected chi connectivity index (χ2v) is 5.58. The molecule has 0 heterocycles. The van der Waals surface area contributed by atoms with Crippen molar-refractivity contribution in [3.8, 4) is 0 Å². The third kappa shape index (κ3) is 3.86. The summed E-state index contributed by atoms with van der Waals surface area (Å²) in [5.74, 6) is 0. The van der Waals surface area contributed by atoms with E-state index in [-0.39, 0.29) is 11.5 Å². The number of benzene rings is 1. The molecule has 18 heavy (non-hydrogen) atoms. The van der Waals surface area contributed by atoms with Gasteiger partial charge in [0.1, 0.15) is 0 Å². The number of primary sulfonamides is 1. The van der Waals surface area contributed by atoms with E-state index in [4.69, 9.17) is 16.0 Å². The van der Waals surface area contributed by atoms with Gasteiger partial charge in [0.05, 0.1) is 11.5 Å². The molecule has 0 aliphatic rings. The molecule has 0 fully saturated rings. The summed E-state index contributed by atoms with van der Waals surface area (Å²) in [5, 5.41) is 14.1. The molecule has 1 aromatic rings. The number of aliphatic hydroxyl groups excluding tert-OH is 1. The summed E-state index contributed by atoms with van der Waals surface area (Å²) < 4.78 is 22.7. The molecule has 0 atom stereocenters. The third-order valence-electron chi connectivity index (χ3n) is 2.47. The lowest BCUT2D eigenvalue weighted by Gasteiger charge is -2.24. The van der Waals surface area contributed by atoms with Crippen LogP contribution in [0, 0.1) is 0 Å². The summed E-state index contributed by atoms with van der Waals surface area (Å²) in [6, 6.07) is 4.46. The van der Waals surface area contributed by atoms with E-state index in [1.807, 2.05) is 11.8 Å². The molecule has 0 aliphatic heterocycles. The molecular formula is C11H19N3O3S. The normalized spacial score (nSPS) is 11.5. The van der Waals surface area contributed by atoms with Crippen molar-refractivity contribution in [3.63, 3.8) is 0 Å². The lowest BCUT2D eigenvalue weighted by atomic mass is 10.2. The molecule has 0 saturated carbocycles. The molecule has 102 valence electrons. The van der Waals surface area contributed by atoms with E-state index in [0.29, 0.717) is 24.5 Å². The Morgan fingerprint density at radius 2 is 1.94 bits per heavy atom. The van der Waals surface area contributed by atoms with Crippen LogP contribution in [0.15, 0.2) is 23.1 Å². The Morgan fingerprint density at radius 3 is 2.44 bits per heavy atom. The number of hydrogen-bond donors (Lipinski definition) is 3. The lowest BCUT2D eigenvalue weighted by Crippen LogP contribution is -2.27. The van der Waals surface area contributed by atoms with Crippen molar-refractivity contribution in [2.75, 3.05) is 30.3 Å². The van der Waals surface area contributed by atoms with Gasteiger partial charge in [0.15, 0.2) is 0 Å². The summed E-state index contributed by atoms with van der Waals surface area (Å²) in [6.45, 7) is 3.10. The van der Waals surface area contributed by atoms with Gasteiger partial charge < -0.3 is 15.7 Å². The fraction of sp³-hybridized carbons (Fsp3) is 0.455. The minimum atomic E-state index is -3.78. The van der Waals surface area contributed by atoms with Crippen LogP contribution in [0.5, 0.6) is 0 Å². The molecule has 7 heteroatoms. The van der Waals surface area contributed by atoms with Gasteiger partial charge in [0.25, 0.3) is 0 Å². The van der Waals surface area contributed by atoms with Crippen LogP contribution in [0.2, 0.25) is 0 Å². The fourth-order valence-electron chi connectivity index (χ4n) is 1.71.